The van der Waals surface area contributed by atoms with Crippen molar-refractivity contribution in [1.29, 1.82) is 0 Å². The summed E-state index contributed by atoms with van der Waals surface area (Å²) < 4.78 is 29.0. The summed E-state index contributed by atoms with van der Waals surface area (Å²) in [5, 5.41) is 7.19. The maximum absolute atomic E-state index is 15.3. The maximum Gasteiger partial charge on any atom is 0.197 e. The average Bonchev–Trinajstić information content (AvgIpc) is 3.15. The zero-order chi connectivity index (χ0) is 31.4. The summed E-state index contributed by atoms with van der Waals surface area (Å²) in [4.78, 5) is 0. The molecule has 2 heterocycles. The van der Waals surface area contributed by atoms with Gasteiger partial charge in [-0.05, 0) is 51.5 Å². The van der Waals surface area contributed by atoms with Crippen molar-refractivity contribution in [2.24, 2.45) is 0 Å². The Morgan fingerprint density at radius 1 is 0.447 bits per heavy atom. The molecule has 0 bridgehead atoms. The van der Waals surface area contributed by atoms with Crippen LogP contribution in [0.4, 0.5) is 0 Å². The normalized spacial score (nSPS) is 15.7. The standard InChI is InChI=1S/C42H29O3PSi/c43-46(31-16-4-1-5-17-31,32-18-6-2-7-19-32)33-20-14-15-30(29-33)35-27-28-38-42-41(35)45-37-24-11-13-26-40(37)47(42,34-21-8-3-9-22-34)39-25-12-10-23-36(39)44-38/h1-29H. The Kier molecular flexibility index (Phi) is 6.43. The molecule has 47 heavy (non-hydrogen) atoms. The fraction of sp³-hybridized carbons (Fsp3) is 0. The van der Waals surface area contributed by atoms with Crippen molar-refractivity contribution >= 4 is 51.9 Å². The molecule has 2 aliphatic rings. The molecule has 224 valence electrons. The van der Waals surface area contributed by atoms with E-state index < -0.39 is 15.2 Å². The van der Waals surface area contributed by atoms with Crippen LogP contribution in [0.15, 0.2) is 176 Å². The Balaban J connectivity index is 1.32. The van der Waals surface area contributed by atoms with Gasteiger partial charge < -0.3 is 14.0 Å². The number of hydrogen-bond donors (Lipinski definition) is 0. The van der Waals surface area contributed by atoms with E-state index in [4.69, 9.17) is 9.47 Å². The van der Waals surface area contributed by atoms with E-state index >= 15 is 4.57 Å². The fourth-order valence-electron chi connectivity index (χ4n) is 7.45. The van der Waals surface area contributed by atoms with E-state index in [1.54, 1.807) is 0 Å². The van der Waals surface area contributed by atoms with Crippen LogP contribution >= 0.6 is 7.14 Å². The summed E-state index contributed by atoms with van der Waals surface area (Å²) in [7, 11) is -6.06. The molecule has 0 aliphatic carbocycles. The highest BCUT2D eigenvalue weighted by molar-refractivity contribution is 7.85. The molecule has 0 fully saturated rings. The molecule has 0 amide bonds. The van der Waals surface area contributed by atoms with E-state index in [-0.39, 0.29) is 0 Å². The average molecular weight is 641 g/mol. The van der Waals surface area contributed by atoms with Crippen LogP contribution in [0.3, 0.4) is 0 Å². The third-order valence-corrected chi connectivity index (χ3v) is 17.4. The van der Waals surface area contributed by atoms with E-state index in [9.17, 15) is 0 Å². The van der Waals surface area contributed by atoms with E-state index in [0.29, 0.717) is 0 Å². The number of fused-ring (bicyclic) bond motifs is 4. The minimum atomic E-state index is -3.18. The fourth-order valence-corrected chi connectivity index (χ4v) is 15.3. The smallest absolute Gasteiger partial charge is 0.197 e. The van der Waals surface area contributed by atoms with Gasteiger partial charge in [0.25, 0.3) is 0 Å². The third-order valence-electron chi connectivity index (χ3n) is 9.48. The molecule has 0 spiro atoms. The summed E-state index contributed by atoms with van der Waals surface area (Å²) >= 11 is 0. The lowest BCUT2D eigenvalue weighted by Crippen LogP contribution is -2.77. The minimum absolute atomic E-state index is 0.779. The zero-order valence-electron chi connectivity index (χ0n) is 25.4. The summed E-state index contributed by atoms with van der Waals surface area (Å²) in [6, 6.07) is 59.8. The predicted octanol–water partition coefficient (Wildman–Crippen LogP) is 6.58. The second kappa shape index (κ2) is 10.8. The van der Waals surface area contributed by atoms with Crippen molar-refractivity contribution in [1.82, 2.24) is 0 Å². The summed E-state index contributed by atoms with van der Waals surface area (Å²) in [5.41, 5.74) is 1.89. The van der Waals surface area contributed by atoms with Crippen molar-refractivity contribution in [2.75, 3.05) is 0 Å². The van der Waals surface area contributed by atoms with Crippen LogP contribution in [-0.4, -0.2) is 8.07 Å². The van der Waals surface area contributed by atoms with Crippen molar-refractivity contribution in [3.05, 3.63) is 176 Å². The molecule has 0 saturated heterocycles. The molecule has 7 aromatic rings. The molecule has 1 unspecified atom stereocenters. The number of ether oxygens (including phenoxy) is 2. The number of rotatable bonds is 5. The molecule has 0 saturated carbocycles. The van der Waals surface area contributed by atoms with Gasteiger partial charge in [0, 0.05) is 26.7 Å². The Morgan fingerprint density at radius 3 is 1.62 bits per heavy atom. The van der Waals surface area contributed by atoms with E-state index in [0.717, 1.165) is 55.2 Å². The Hall–Kier alpha value is -5.41. The van der Waals surface area contributed by atoms with Gasteiger partial charge in [-0.25, -0.2) is 0 Å². The minimum Gasteiger partial charge on any atom is -0.457 e. The lowest BCUT2D eigenvalue weighted by atomic mass is 10.0. The first-order valence-electron chi connectivity index (χ1n) is 15.8. The van der Waals surface area contributed by atoms with Crippen LogP contribution in [0.2, 0.25) is 0 Å². The van der Waals surface area contributed by atoms with E-state index in [1.807, 2.05) is 84.9 Å². The molecular weight excluding hydrogens is 612 g/mol. The molecule has 1 atom stereocenters. The highest BCUT2D eigenvalue weighted by Gasteiger charge is 2.54. The van der Waals surface area contributed by atoms with E-state index in [2.05, 4.69) is 91.0 Å². The maximum atomic E-state index is 15.3. The van der Waals surface area contributed by atoms with Crippen LogP contribution in [-0.2, 0) is 4.57 Å². The number of hydrogen-bond acceptors (Lipinski definition) is 3. The van der Waals surface area contributed by atoms with Crippen molar-refractivity contribution in [2.45, 2.75) is 0 Å². The van der Waals surface area contributed by atoms with Gasteiger partial charge in [0.2, 0.25) is 0 Å². The first-order valence-corrected chi connectivity index (χ1v) is 19.5. The van der Waals surface area contributed by atoms with Crippen LogP contribution < -0.4 is 46.1 Å². The topological polar surface area (TPSA) is 35.5 Å². The Bertz CT molecular complexity index is 2280. The van der Waals surface area contributed by atoms with Gasteiger partial charge in [-0.2, -0.15) is 0 Å². The van der Waals surface area contributed by atoms with Crippen molar-refractivity contribution < 1.29 is 14.0 Å². The monoisotopic (exact) mass is 640 g/mol. The highest BCUT2D eigenvalue weighted by Crippen LogP contribution is 2.46. The van der Waals surface area contributed by atoms with E-state index in [1.165, 1.54) is 15.6 Å². The molecule has 2 aliphatic heterocycles. The second-order valence-electron chi connectivity index (χ2n) is 12.0. The van der Waals surface area contributed by atoms with Gasteiger partial charge in [-0.3, -0.25) is 0 Å². The Morgan fingerprint density at radius 2 is 0.979 bits per heavy atom. The van der Waals surface area contributed by atoms with Crippen LogP contribution in [0, 0.1) is 0 Å². The Labute approximate surface area is 275 Å². The third kappa shape index (κ3) is 4.09. The largest absolute Gasteiger partial charge is 0.457 e. The highest BCUT2D eigenvalue weighted by atomic mass is 31.2. The molecule has 9 rings (SSSR count). The predicted molar refractivity (Wildman–Crippen MR) is 195 cm³/mol. The van der Waals surface area contributed by atoms with Crippen LogP contribution in [0.5, 0.6) is 23.0 Å². The van der Waals surface area contributed by atoms with Gasteiger partial charge in [0.05, 0.1) is 0 Å². The first-order chi connectivity index (χ1) is 23.2. The van der Waals surface area contributed by atoms with Gasteiger partial charge in [0.1, 0.15) is 23.0 Å². The first kappa shape index (κ1) is 27.9. The van der Waals surface area contributed by atoms with Gasteiger partial charge in [-0.15, -0.1) is 0 Å². The van der Waals surface area contributed by atoms with Gasteiger partial charge in [0.15, 0.2) is 15.2 Å². The van der Waals surface area contributed by atoms with Crippen molar-refractivity contribution in [3.8, 4) is 34.1 Å². The quantitative estimate of drug-likeness (QED) is 0.158. The molecule has 0 N–H and O–H groups in total. The molecule has 0 aromatic heterocycles. The molecule has 7 aromatic carbocycles. The molecular formula is C42H29O3PSi. The van der Waals surface area contributed by atoms with Crippen LogP contribution in [0.1, 0.15) is 0 Å². The second-order valence-corrected chi connectivity index (χ2v) is 18.4. The van der Waals surface area contributed by atoms with Crippen molar-refractivity contribution in [3.63, 3.8) is 0 Å². The summed E-state index contributed by atoms with van der Waals surface area (Å²) in [6.45, 7) is 0. The lowest BCUT2D eigenvalue weighted by molar-refractivity contribution is 0.465. The van der Waals surface area contributed by atoms with Gasteiger partial charge >= 0.3 is 0 Å². The van der Waals surface area contributed by atoms with Crippen LogP contribution in [0.25, 0.3) is 11.1 Å². The number of para-hydroxylation sites is 2. The lowest BCUT2D eigenvalue weighted by Gasteiger charge is -2.44. The number of benzene rings is 7. The van der Waals surface area contributed by atoms with Gasteiger partial charge in [-0.1, -0.05) is 146 Å². The molecule has 5 heteroatoms. The zero-order valence-corrected chi connectivity index (χ0v) is 27.3. The summed E-state index contributed by atoms with van der Waals surface area (Å²) in [6.07, 6.45) is 0. The summed E-state index contributed by atoms with van der Waals surface area (Å²) in [5.74, 6) is 3.38. The SMILES string of the molecule is O=P(c1ccccc1)(c1ccccc1)c1cccc(-c2ccc3c4c2Oc2ccccc2[Si]4(c2ccccc2)c2ccccc2O3)c1. The molecule has 0 radical (unpaired) electrons. The molecule has 3 nitrogen and oxygen atoms in total.